The van der Waals surface area contributed by atoms with Crippen molar-refractivity contribution in [2.45, 2.75) is 13.3 Å². The van der Waals surface area contributed by atoms with Crippen molar-refractivity contribution in [3.63, 3.8) is 0 Å². The average Bonchev–Trinajstić information content (AvgIpc) is 2.55. The Balaban J connectivity index is 2.06. The first-order valence-electron chi connectivity index (χ1n) is 5.65. The van der Waals surface area contributed by atoms with E-state index in [4.69, 9.17) is 9.84 Å². The van der Waals surface area contributed by atoms with E-state index in [1.165, 1.54) is 11.3 Å². The molecule has 4 heteroatoms. The maximum Gasteiger partial charge on any atom is 0.349 e. The third kappa shape index (κ3) is 3.11. The van der Waals surface area contributed by atoms with Crippen LogP contribution in [-0.2, 0) is 0 Å². The van der Waals surface area contributed by atoms with Crippen LogP contribution in [0.3, 0.4) is 0 Å². The molecule has 0 radical (unpaired) electrons. The highest BCUT2D eigenvalue weighted by Crippen LogP contribution is 2.29. The lowest BCUT2D eigenvalue weighted by Crippen LogP contribution is -2.02. The Bertz CT molecular complexity index is 535. The zero-order valence-electron chi connectivity index (χ0n) is 10.1. The summed E-state index contributed by atoms with van der Waals surface area (Å²) >= 11 is 1.24. The number of hydrogen-bond donors (Lipinski definition) is 1. The normalized spacial score (nSPS) is 14.2. The smallest absolute Gasteiger partial charge is 0.349 e. The standard InChI is InChI=1S/C14H14O3S/c1-10-8-12(13(18-10)14(15)16)17-9-11-6-4-2-3-5-7-11/h2-4,6-8H,5,9H2,1H3,(H,15,16). The zero-order valence-corrected chi connectivity index (χ0v) is 10.9. The molecule has 94 valence electrons. The summed E-state index contributed by atoms with van der Waals surface area (Å²) < 4.78 is 5.60. The van der Waals surface area contributed by atoms with Gasteiger partial charge in [0.25, 0.3) is 0 Å². The Morgan fingerprint density at radius 3 is 3.11 bits per heavy atom. The molecule has 1 aliphatic rings. The molecular formula is C14H14O3S. The van der Waals surface area contributed by atoms with Crippen molar-refractivity contribution in [1.29, 1.82) is 0 Å². The monoisotopic (exact) mass is 262 g/mol. The van der Waals surface area contributed by atoms with Gasteiger partial charge in [-0.05, 0) is 25.0 Å². The zero-order chi connectivity index (χ0) is 13.0. The van der Waals surface area contributed by atoms with E-state index in [9.17, 15) is 4.79 Å². The second kappa shape index (κ2) is 5.69. The summed E-state index contributed by atoms with van der Waals surface area (Å²) in [5.74, 6) is -0.480. The lowest BCUT2D eigenvalue weighted by atomic mass is 10.2. The molecule has 0 unspecified atom stereocenters. The molecule has 0 spiro atoms. The second-order valence-electron chi connectivity index (χ2n) is 3.95. The Morgan fingerprint density at radius 2 is 2.33 bits per heavy atom. The van der Waals surface area contributed by atoms with E-state index < -0.39 is 5.97 Å². The number of allylic oxidation sites excluding steroid dienone is 4. The van der Waals surface area contributed by atoms with Gasteiger partial charge in [0, 0.05) is 4.88 Å². The van der Waals surface area contributed by atoms with Gasteiger partial charge in [-0.15, -0.1) is 11.3 Å². The minimum atomic E-state index is -0.935. The minimum Gasteiger partial charge on any atom is -0.487 e. The fraction of sp³-hybridized carbons (Fsp3) is 0.214. The molecule has 0 aliphatic heterocycles. The second-order valence-corrected chi connectivity index (χ2v) is 5.20. The summed E-state index contributed by atoms with van der Waals surface area (Å²) in [6.45, 7) is 2.27. The lowest BCUT2D eigenvalue weighted by molar-refractivity contribution is 0.0698. The largest absolute Gasteiger partial charge is 0.487 e. The number of ether oxygens (including phenoxy) is 1. The first-order chi connectivity index (χ1) is 8.66. The van der Waals surface area contributed by atoms with Crippen molar-refractivity contribution < 1.29 is 14.6 Å². The van der Waals surface area contributed by atoms with Gasteiger partial charge in [0.2, 0.25) is 0 Å². The van der Waals surface area contributed by atoms with E-state index in [1.54, 1.807) is 6.07 Å². The first-order valence-corrected chi connectivity index (χ1v) is 6.47. The molecule has 1 N–H and O–H groups in total. The molecule has 2 rings (SSSR count). The van der Waals surface area contributed by atoms with Gasteiger partial charge in [0.15, 0.2) is 4.88 Å². The lowest BCUT2D eigenvalue weighted by Gasteiger charge is -2.05. The van der Waals surface area contributed by atoms with Crippen LogP contribution in [0.15, 0.2) is 42.0 Å². The summed E-state index contributed by atoms with van der Waals surface area (Å²) in [5, 5.41) is 9.05. The number of thiophene rings is 1. The number of hydrogen-bond acceptors (Lipinski definition) is 3. The van der Waals surface area contributed by atoms with Gasteiger partial charge < -0.3 is 9.84 Å². The van der Waals surface area contributed by atoms with E-state index in [-0.39, 0.29) is 4.88 Å². The number of carboxylic acids is 1. The van der Waals surface area contributed by atoms with Crippen molar-refractivity contribution in [3.05, 3.63) is 51.8 Å². The molecule has 0 atom stereocenters. The van der Waals surface area contributed by atoms with Crippen molar-refractivity contribution in [2.24, 2.45) is 0 Å². The van der Waals surface area contributed by atoms with Gasteiger partial charge in [-0.2, -0.15) is 0 Å². The summed E-state index contributed by atoms with van der Waals surface area (Å²) in [5.41, 5.74) is 1.06. The molecule has 0 fully saturated rings. The fourth-order valence-electron chi connectivity index (χ4n) is 1.64. The number of rotatable bonds is 4. The minimum absolute atomic E-state index is 0.267. The van der Waals surface area contributed by atoms with Crippen LogP contribution in [0.2, 0.25) is 0 Å². The fourth-order valence-corrected chi connectivity index (χ4v) is 2.43. The van der Waals surface area contributed by atoms with Gasteiger partial charge in [0.1, 0.15) is 12.4 Å². The van der Waals surface area contributed by atoms with Crippen LogP contribution >= 0.6 is 11.3 Å². The van der Waals surface area contributed by atoms with Crippen LogP contribution in [0.4, 0.5) is 0 Å². The molecule has 0 bridgehead atoms. The third-order valence-electron chi connectivity index (χ3n) is 2.48. The molecule has 1 aromatic rings. The summed E-state index contributed by atoms with van der Waals surface area (Å²) in [6.07, 6.45) is 10.9. The third-order valence-corrected chi connectivity index (χ3v) is 3.50. The van der Waals surface area contributed by atoms with Crippen LogP contribution in [0.5, 0.6) is 5.75 Å². The molecule has 3 nitrogen and oxygen atoms in total. The van der Waals surface area contributed by atoms with Crippen LogP contribution < -0.4 is 4.74 Å². The van der Waals surface area contributed by atoms with Crippen LogP contribution in [0.1, 0.15) is 21.0 Å². The number of carbonyl (C=O) groups is 1. The molecule has 0 saturated carbocycles. The average molecular weight is 262 g/mol. The number of aromatic carboxylic acids is 1. The van der Waals surface area contributed by atoms with Gasteiger partial charge in [-0.3, -0.25) is 0 Å². The molecule has 18 heavy (non-hydrogen) atoms. The number of aryl methyl sites for hydroxylation is 1. The van der Waals surface area contributed by atoms with Gasteiger partial charge in [-0.25, -0.2) is 4.79 Å². The molecule has 1 heterocycles. The SMILES string of the molecule is Cc1cc(OCC2=CCC=CC=C2)c(C(=O)O)s1. The highest BCUT2D eigenvalue weighted by molar-refractivity contribution is 7.14. The molecule has 0 aromatic carbocycles. The van der Waals surface area contributed by atoms with Crippen LogP contribution in [-0.4, -0.2) is 17.7 Å². The predicted octanol–water partition coefficient (Wildman–Crippen LogP) is 3.58. The van der Waals surface area contributed by atoms with Crippen molar-refractivity contribution in [2.75, 3.05) is 6.61 Å². The van der Waals surface area contributed by atoms with Crippen molar-refractivity contribution in [3.8, 4) is 5.75 Å². The summed E-state index contributed by atoms with van der Waals surface area (Å²) in [6, 6.07) is 1.77. The van der Waals surface area contributed by atoms with Crippen LogP contribution in [0, 0.1) is 6.92 Å². The maximum absolute atomic E-state index is 11.0. The first kappa shape index (κ1) is 12.6. The van der Waals surface area contributed by atoms with Crippen LogP contribution in [0.25, 0.3) is 0 Å². The molecule has 1 aliphatic carbocycles. The predicted molar refractivity (Wildman–Crippen MR) is 72.5 cm³/mol. The molecule has 1 aromatic heterocycles. The van der Waals surface area contributed by atoms with E-state index in [0.29, 0.717) is 12.4 Å². The number of carboxylic acid groups (broad SMARTS) is 1. The molecule has 0 amide bonds. The van der Waals surface area contributed by atoms with Crippen molar-refractivity contribution in [1.82, 2.24) is 0 Å². The summed E-state index contributed by atoms with van der Waals surface area (Å²) in [4.78, 5) is 12.2. The Hall–Kier alpha value is -1.81. The molecule has 0 saturated heterocycles. The van der Waals surface area contributed by atoms with E-state index in [1.807, 2.05) is 25.2 Å². The van der Waals surface area contributed by atoms with Crippen molar-refractivity contribution >= 4 is 17.3 Å². The van der Waals surface area contributed by atoms with E-state index in [0.717, 1.165) is 16.9 Å². The highest BCUT2D eigenvalue weighted by Gasteiger charge is 2.15. The Labute approximate surface area is 110 Å². The Morgan fingerprint density at radius 1 is 1.50 bits per heavy atom. The quantitative estimate of drug-likeness (QED) is 0.902. The van der Waals surface area contributed by atoms with Gasteiger partial charge >= 0.3 is 5.97 Å². The highest BCUT2D eigenvalue weighted by atomic mass is 32.1. The molecular weight excluding hydrogens is 248 g/mol. The van der Waals surface area contributed by atoms with E-state index >= 15 is 0 Å². The topological polar surface area (TPSA) is 46.5 Å². The maximum atomic E-state index is 11.0. The van der Waals surface area contributed by atoms with Gasteiger partial charge in [-0.1, -0.05) is 30.4 Å². The summed E-state index contributed by atoms with van der Waals surface area (Å²) in [7, 11) is 0. The van der Waals surface area contributed by atoms with Gasteiger partial charge in [0.05, 0.1) is 0 Å². The Kier molecular flexibility index (Phi) is 3.99. The van der Waals surface area contributed by atoms with E-state index in [2.05, 4.69) is 12.2 Å².